The molecule has 1 aliphatic rings. The van der Waals surface area contributed by atoms with E-state index in [2.05, 4.69) is 15.6 Å². The second-order valence-electron chi connectivity index (χ2n) is 11.2. The summed E-state index contributed by atoms with van der Waals surface area (Å²) in [6, 6.07) is 18.6. The van der Waals surface area contributed by atoms with Crippen LogP contribution in [0.5, 0.6) is 11.5 Å². The van der Waals surface area contributed by atoms with Crippen LogP contribution in [0.4, 0.5) is 0 Å². The lowest BCUT2D eigenvalue weighted by atomic mass is 9.96. The molecule has 10 nitrogen and oxygen atoms in total. The van der Waals surface area contributed by atoms with E-state index in [0.29, 0.717) is 68.1 Å². The molecule has 5 rings (SSSR count). The van der Waals surface area contributed by atoms with Crippen LogP contribution in [-0.2, 0) is 32.5 Å². The number of nitrogens with one attached hydrogen (secondary N) is 2. The Kier molecular flexibility index (Phi) is 10.5. The molecule has 4 aromatic rings. The summed E-state index contributed by atoms with van der Waals surface area (Å²) in [6.07, 6.45) is 2.53. The molecule has 0 spiro atoms. The van der Waals surface area contributed by atoms with Gasteiger partial charge in [-0.15, -0.1) is 0 Å². The summed E-state index contributed by atoms with van der Waals surface area (Å²) in [4.78, 5) is 31.8. The number of aromatic nitrogens is 1. The minimum atomic E-state index is -0.697. The SMILES string of the molecule is CNCc1cc(OCc2ocnc2C)ccc1CC[C@H](O)CNC(=O)c1ccc2c(c1)CCN(C(=O)c1ccc(OC)cc1)C2. The predicted octanol–water partition coefficient (Wildman–Crippen LogP) is 4.21. The van der Waals surface area contributed by atoms with Gasteiger partial charge in [0.2, 0.25) is 0 Å². The Morgan fingerprint density at radius 3 is 2.53 bits per heavy atom. The van der Waals surface area contributed by atoms with Crippen LogP contribution in [0.25, 0.3) is 0 Å². The molecule has 45 heavy (non-hydrogen) atoms. The van der Waals surface area contributed by atoms with Gasteiger partial charge in [0.05, 0.1) is 18.9 Å². The highest BCUT2D eigenvalue weighted by molar-refractivity contribution is 5.95. The van der Waals surface area contributed by atoms with Crippen molar-refractivity contribution in [1.29, 1.82) is 0 Å². The number of aliphatic hydroxyl groups is 1. The zero-order chi connectivity index (χ0) is 31.8. The number of amides is 2. The van der Waals surface area contributed by atoms with Crippen LogP contribution in [0.1, 0.15) is 60.8 Å². The third-order valence-corrected chi connectivity index (χ3v) is 8.11. The molecule has 2 amide bonds. The van der Waals surface area contributed by atoms with E-state index in [9.17, 15) is 14.7 Å². The molecule has 0 unspecified atom stereocenters. The minimum absolute atomic E-state index is 0.0284. The molecule has 0 radical (unpaired) electrons. The van der Waals surface area contributed by atoms with Crippen LogP contribution in [0, 0.1) is 6.92 Å². The molecule has 1 aromatic heterocycles. The van der Waals surface area contributed by atoms with Crippen molar-refractivity contribution in [1.82, 2.24) is 20.5 Å². The summed E-state index contributed by atoms with van der Waals surface area (Å²) in [5, 5.41) is 16.7. The molecule has 0 aliphatic carbocycles. The summed E-state index contributed by atoms with van der Waals surface area (Å²) in [7, 11) is 3.48. The molecule has 1 aliphatic heterocycles. The molecule has 3 N–H and O–H groups in total. The number of carbonyl (C=O) groups excluding carboxylic acids is 2. The number of oxazole rings is 1. The topological polar surface area (TPSA) is 126 Å². The van der Waals surface area contributed by atoms with Gasteiger partial charge >= 0.3 is 0 Å². The van der Waals surface area contributed by atoms with Gasteiger partial charge in [-0.3, -0.25) is 9.59 Å². The van der Waals surface area contributed by atoms with E-state index in [-0.39, 0.29) is 18.4 Å². The largest absolute Gasteiger partial charge is 0.497 e. The minimum Gasteiger partial charge on any atom is -0.497 e. The van der Waals surface area contributed by atoms with Crippen molar-refractivity contribution in [2.45, 2.75) is 52.0 Å². The zero-order valence-electron chi connectivity index (χ0n) is 26.0. The first-order valence-electron chi connectivity index (χ1n) is 15.1. The van der Waals surface area contributed by atoms with Crippen molar-refractivity contribution in [2.75, 3.05) is 27.2 Å². The quantitative estimate of drug-likeness (QED) is 0.205. The number of fused-ring (bicyclic) bond motifs is 1. The fourth-order valence-corrected chi connectivity index (χ4v) is 5.43. The molecule has 0 saturated carbocycles. The van der Waals surface area contributed by atoms with Gasteiger partial charge in [-0.05, 0) is 104 Å². The lowest BCUT2D eigenvalue weighted by Crippen LogP contribution is -2.36. The predicted molar refractivity (Wildman–Crippen MR) is 169 cm³/mol. The third kappa shape index (κ3) is 8.09. The van der Waals surface area contributed by atoms with Crippen LogP contribution >= 0.6 is 0 Å². The standard InChI is InChI=1S/C35H40N4O6/c1-23-33(45-22-38-23)21-44-32-13-7-24(29(17-32)18-36-2)6-10-30(40)19-37-34(41)27-4-5-28-20-39(15-14-26(28)16-27)35(42)25-8-11-31(43-3)12-9-25/h4-5,7-9,11-13,16-17,22,30,36,40H,6,10,14-15,18-21H2,1-3H3,(H,37,41)/t30-/m0/s1. The van der Waals surface area contributed by atoms with Crippen molar-refractivity contribution >= 4 is 11.8 Å². The van der Waals surface area contributed by atoms with E-state index in [1.165, 1.54) is 6.39 Å². The Hall–Kier alpha value is -4.67. The first kappa shape index (κ1) is 31.7. The van der Waals surface area contributed by atoms with E-state index < -0.39 is 6.10 Å². The van der Waals surface area contributed by atoms with Crippen molar-refractivity contribution in [3.05, 3.63) is 112 Å². The fraction of sp³-hybridized carbons (Fsp3) is 0.343. The number of rotatable bonds is 13. The van der Waals surface area contributed by atoms with Crippen molar-refractivity contribution in [3.63, 3.8) is 0 Å². The smallest absolute Gasteiger partial charge is 0.254 e. The van der Waals surface area contributed by atoms with Crippen LogP contribution in [-0.4, -0.2) is 60.2 Å². The number of methoxy groups -OCH3 is 1. The highest BCUT2D eigenvalue weighted by atomic mass is 16.5. The monoisotopic (exact) mass is 612 g/mol. The van der Waals surface area contributed by atoms with Crippen molar-refractivity contribution in [2.24, 2.45) is 0 Å². The average Bonchev–Trinajstić information content (AvgIpc) is 3.49. The molecule has 0 saturated heterocycles. The number of benzene rings is 3. The molecule has 10 heteroatoms. The van der Waals surface area contributed by atoms with Gasteiger partial charge in [0, 0.05) is 37.3 Å². The summed E-state index contributed by atoms with van der Waals surface area (Å²) in [5.41, 5.74) is 6.24. The molecule has 0 fully saturated rings. The van der Waals surface area contributed by atoms with Gasteiger partial charge in [-0.25, -0.2) is 4.98 Å². The summed E-state index contributed by atoms with van der Waals surface area (Å²) >= 11 is 0. The molecule has 1 atom stereocenters. The lowest BCUT2D eigenvalue weighted by molar-refractivity contribution is 0.0734. The Morgan fingerprint density at radius 2 is 1.80 bits per heavy atom. The molecular weight excluding hydrogens is 572 g/mol. The highest BCUT2D eigenvalue weighted by Gasteiger charge is 2.23. The van der Waals surface area contributed by atoms with Gasteiger partial charge in [0.15, 0.2) is 12.2 Å². The summed E-state index contributed by atoms with van der Waals surface area (Å²) in [6.45, 7) is 4.05. The van der Waals surface area contributed by atoms with E-state index >= 15 is 0 Å². The summed E-state index contributed by atoms with van der Waals surface area (Å²) in [5.74, 6) is 1.87. The van der Waals surface area contributed by atoms with Gasteiger partial charge in [0.1, 0.15) is 18.1 Å². The van der Waals surface area contributed by atoms with E-state index in [1.54, 1.807) is 37.4 Å². The molecular formula is C35H40N4O6. The summed E-state index contributed by atoms with van der Waals surface area (Å²) < 4.78 is 16.4. The zero-order valence-corrected chi connectivity index (χ0v) is 26.0. The van der Waals surface area contributed by atoms with Gasteiger partial charge in [-0.1, -0.05) is 12.1 Å². The van der Waals surface area contributed by atoms with E-state index in [4.69, 9.17) is 13.9 Å². The average molecular weight is 613 g/mol. The first-order valence-corrected chi connectivity index (χ1v) is 15.1. The Bertz CT molecular complexity index is 1620. The number of nitrogens with zero attached hydrogens (tertiary/aromatic N) is 2. The number of aliphatic hydroxyl groups excluding tert-OH is 1. The first-order chi connectivity index (χ1) is 21.8. The van der Waals surface area contributed by atoms with Crippen molar-refractivity contribution < 1.29 is 28.6 Å². The number of ether oxygens (including phenoxy) is 2. The normalized spacial score (nSPS) is 13.2. The maximum atomic E-state index is 13.0. The fourth-order valence-electron chi connectivity index (χ4n) is 5.43. The molecule has 3 aromatic carbocycles. The second-order valence-corrected chi connectivity index (χ2v) is 11.2. The molecule has 0 bridgehead atoms. The highest BCUT2D eigenvalue weighted by Crippen LogP contribution is 2.24. The maximum Gasteiger partial charge on any atom is 0.254 e. The van der Waals surface area contributed by atoms with Crippen LogP contribution in [0.2, 0.25) is 0 Å². The van der Waals surface area contributed by atoms with Crippen LogP contribution in [0.3, 0.4) is 0 Å². The Morgan fingerprint density at radius 1 is 1.02 bits per heavy atom. The van der Waals surface area contributed by atoms with Crippen LogP contribution in [0.15, 0.2) is 71.5 Å². The van der Waals surface area contributed by atoms with Crippen LogP contribution < -0.4 is 20.1 Å². The second kappa shape index (κ2) is 14.9. The molecule has 236 valence electrons. The molecule has 2 heterocycles. The van der Waals surface area contributed by atoms with E-state index in [0.717, 1.165) is 33.7 Å². The Balaban J connectivity index is 1.10. The van der Waals surface area contributed by atoms with E-state index in [1.807, 2.05) is 49.2 Å². The maximum absolute atomic E-state index is 13.0. The number of aryl methyl sites for hydroxylation is 2. The van der Waals surface area contributed by atoms with Gasteiger partial charge in [-0.2, -0.15) is 0 Å². The number of hydrogen-bond donors (Lipinski definition) is 3. The van der Waals surface area contributed by atoms with Gasteiger partial charge < -0.3 is 34.5 Å². The Labute approximate surface area is 263 Å². The third-order valence-electron chi connectivity index (χ3n) is 8.11. The van der Waals surface area contributed by atoms with Gasteiger partial charge in [0.25, 0.3) is 11.8 Å². The number of carbonyl (C=O) groups is 2. The number of hydrogen-bond acceptors (Lipinski definition) is 8. The van der Waals surface area contributed by atoms with Crippen molar-refractivity contribution in [3.8, 4) is 11.5 Å². The lowest BCUT2D eigenvalue weighted by Gasteiger charge is -2.29.